The summed E-state index contributed by atoms with van der Waals surface area (Å²) in [4.78, 5) is 22.1. The smallest absolute Gasteiger partial charge is 0.260 e. The van der Waals surface area contributed by atoms with Gasteiger partial charge in [-0.05, 0) is 50.8 Å². The van der Waals surface area contributed by atoms with Gasteiger partial charge in [-0.3, -0.25) is 9.69 Å². The third kappa shape index (κ3) is 5.38. The lowest BCUT2D eigenvalue weighted by Crippen LogP contribution is -2.36. The van der Waals surface area contributed by atoms with Crippen LogP contribution in [0.1, 0.15) is 15.9 Å². The first-order chi connectivity index (χ1) is 14.8. The Morgan fingerprint density at radius 2 is 1.66 bits per heavy atom. The molecule has 2 aromatic carbocycles. The molecule has 0 fully saturated rings. The standard InChI is InChI=1S/C22H26ClN3O4S.ClH/c1-13-9-15(23)12-18-19(13)24-22(31-18)26(8-7-25(2)3)21(27)14-10-16(28-4)20(30-6)17(11-14)29-5;/h9-12H,7-8H2,1-6H3;1H. The normalized spacial score (nSPS) is 10.8. The maximum Gasteiger partial charge on any atom is 0.260 e. The lowest BCUT2D eigenvalue weighted by Gasteiger charge is -2.23. The Morgan fingerprint density at radius 3 is 2.19 bits per heavy atom. The van der Waals surface area contributed by atoms with Crippen LogP contribution in [0.2, 0.25) is 5.02 Å². The van der Waals surface area contributed by atoms with E-state index >= 15 is 0 Å². The minimum Gasteiger partial charge on any atom is -0.493 e. The number of aromatic nitrogens is 1. The van der Waals surface area contributed by atoms with E-state index < -0.39 is 0 Å². The van der Waals surface area contributed by atoms with E-state index in [4.69, 9.17) is 30.8 Å². The molecule has 3 aromatic rings. The quantitative estimate of drug-likeness (QED) is 0.438. The molecule has 174 valence electrons. The molecule has 0 N–H and O–H groups in total. The number of ether oxygens (including phenoxy) is 3. The fraction of sp³-hybridized carbons (Fsp3) is 0.364. The molecule has 0 aliphatic heterocycles. The molecule has 0 aliphatic carbocycles. The van der Waals surface area contributed by atoms with Gasteiger partial charge in [-0.1, -0.05) is 22.9 Å². The van der Waals surface area contributed by atoms with E-state index in [2.05, 4.69) is 0 Å². The molecule has 0 atom stereocenters. The molecule has 32 heavy (non-hydrogen) atoms. The Kier molecular flexibility index (Phi) is 8.98. The van der Waals surface area contributed by atoms with Crippen molar-refractivity contribution in [3.8, 4) is 17.2 Å². The van der Waals surface area contributed by atoms with Gasteiger partial charge in [-0.15, -0.1) is 12.4 Å². The topological polar surface area (TPSA) is 64.1 Å². The van der Waals surface area contributed by atoms with Crippen LogP contribution in [0.15, 0.2) is 24.3 Å². The van der Waals surface area contributed by atoms with Crippen LogP contribution in [-0.4, -0.2) is 64.3 Å². The number of hydrogen-bond acceptors (Lipinski definition) is 7. The Bertz CT molecular complexity index is 1080. The van der Waals surface area contributed by atoms with E-state index in [1.165, 1.54) is 32.7 Å². The van der Waals surface area contributed by atoms with Crippen LogP contribution in [0.4, 0.5) is 5.13 Å². The molecule has 1 heterocycles. The summed E-state index contributed by atoms with van der Waals surface area (Å²) in [5, 5.41) is 1.26. The van der Waals surface area contributed by atoms with Crippen molar-refractivity contribution in [2.75, 3.05) is 53.4 Å². The monoisotopic (exact) mass is 499 g/mol. The zero-order valence-corrected chi connectivity index (χ0v) is 21.3. The van der Waals surface area contributed by atoms with E-state index in [0.29, 0.717) is 46.1 Å². The van der Waals surface area contributed by atoms with Gasteiger partial charge in [0.05, 0.1) is 31.5 Å². The van der Waals surface area contributed by atoms with Crippen LogP contribution >= 0.6 is 35.3 Å². The minimum atomic E-state index is -0.205. The van der Waals surface area contributed by atoms with E-state index in [1.54, 1.807) is 17.0 Å². The molecule has 1 amide bonds. The fourth-order valence-electron chi connectivity index (χ4n) is 3.20. The maximum atomic E-state index is 13.6. The van der Waals surface area contributed by atoms with Crippen molar-refractivity contribution in [2.24, 2.45) is 0 Å². The number of methoxy groups -OCH3 is 3. The maximum absolute atomic E-state index is 13.6. The Labute approximate surface area is 203 Å². The van der Waals surface area contributed by atoms with Gasteiger partial charge in [0.15, 0.2) is 16.6 Å². The molecular formula is C22H27Cl2N3O4S. The molecule has 1 aromatic heterocycles. The molecule has 0 spiro atoms. The number of nitrogens with zero attached hydrogens (tertiary/aromatic N) is 3. The van der Waals surface area contributed by atoms with Crippen molar-refractivity contribution in [2.45, 2.75) is 6.92 Å². The molecule has 0 bridgehead atoms. The largest absolute Gasteiger partial charge is 0.493 e. The number of carbonyl (C=O) groups is 1. The molecule has 0 unspecified atom stereocenters. The third-order valence-electron chi connectivity index (χ3n) is 4.80. The zero-order valence-electron chi connectivity index (χ0n) is 18.9. The molecular weight excluding hydrogens is 473 g/mol. The van der Waals surface area contributed by atoms with Crippen LogP contribution in [0, 0.1) is 6.92 Å². The minimum absolute atomic E-state index is 0. The van der Waals surface area contributed by atoms with Gasteiger partial charge in [0, 0.05) is 23.7 Å². The molecule has 3 rings (SSSR count). The summed E-state index contributed by atoms with van der Waals surface area (Å²) < 4.78 is 17.2. The predicted molar refractivity (Wildman–Crippen MR) is 133 cm³/mol. The number of fused-ring (bicyclic) bond motifs is 1. The van der Waals surface area contributed by atoms with Crippen molar-refractivity contribution in [1.29, 1.82) is 0 Å². The lowest BCUT2D eigenvalue weighted by atomic mass is 10.1. The molecule has 0 aliphatic rings. The third-order valence-corrected chi connectivity index (χ3v) is 6.04. The van der Waals surface area contributed by atoms with Crippen LogP contribution in [0.25, 0.3) is 10.2 Å². The van der Waals surface area contributed by atoms with Gasteiger partial charge in [-0.25, -0.2) is 4.98 Å². The number of rotatable bonds is 8. The van der Waals surface area contributed by atoms with Crippen molar-refractivity contribution < 1.29 is 19.0 Å². The predicted octanol–water partition coefficient (Wildman–Crippen LogP) is 4.91. The number of likely N-dealkylation sites (N-methyl/N-ethyl adjacent to an activating group) is 1. The highest BCUT2D eigenvalue weighted by molar-refractivity contribution is 7.22. The fourth-order valence-corrected chi connectivity index (χ4v) is 4.65. The van der Waals surface area contributed by atoms with Crippen molar-refractivity contribution in [1.82, 2.24) is 9.88 Å². The van der Waals surface area contributed by atoms with Gasteiger partial charge in [0.1, 0.15) is 0 Å². The van der Waals surface area contributed by atoms with Crippen LogP contribution in [0.5, 0.6) is 17.2 Å². The van der Waals surface area contributed by atoms with E-state index in [1.807, 2.05) is 38.1 Å². The molecule has 0 radical (unpaired) electrons. The average Bonchev–Trinajstić information content (AvgIpc) is 3.16. The first-order valence-corrected chi connectivity index (χ1v) is 10.8. The number of hydrogen-bond donors (Lipinski definition) is 0. The molecule has 0 saturated heterocycles. The highest BCUT2D eigenvalue weighted by atomic mass is 35.5. The van der Waals surface area contributed by atoms with Crippen LogP contribution in [-0.2, 0) is 0 Å². The van der Waals surface area contributed by atoms with Gasteiger partial charge in [0.2, 0.25) is 5.75 Å². The second-order valence-corrected chi connectivity index (χ2v) is 8.69. The summed E-state index contributed by atoms with van der Waals surface area (Å²) in [6.07, 6.45) is 0. The van der Waals surface area contributed by atoms with Gasteiger partial charge < -0.3 is 19.1 Å². The number of thiazole rings is 1. The first-order valence-electron chi connectivity index (χ1n) is 9.62. The summed E-state index contributed by atoms with van der Waals surface area (Å²) >= 11 is 7.66. The molecule has 10 heteroatoms. The lowest BCUT2D eigenvalue weighted by molar-refractivity contribution is 0.0984. The number of benzene rings is 2. The summed E-state index contributed by atoms with van der Waals surface area (Å²) in [7, 11) is 8.50. The van der Waals surface area contributed by atoms with Crippen molar-refractivity contribution in [3.05, 3.63) is 40.4 Å². The van der Waals surface area contributed by atoms with Crippen LogP contribution < -0.4 is 19.1 Å². The van der Waals surface area contributed by atoms with Crippen LogP contribution in [0.3, 0.4) is 0 Å². The first kappa shape index (κ1) is 26.0. The zero-order chi connectivity index (χ0) is 22.7. The number of amides is 1. The second-order valence-electron chi connectivity index (χ2n) is 7.24. The van der Waals surface area contributed by atoms with Crippen molar-refractivity contribution in [3.63, 3.8) is 0 Å². The highest BCUT2D eigenvalue weighted by Gasteiger charge is 2.25. The number of carbonyl (C=O) groups excluding carboxylic acids is 1. The highest BCUT2D eigenvalue weighted by Crippen LogP contribution is 2.39. The van der Waals surface area contributed by atoms with E-state index in [9.17, 15) is 4.79 Å². The van der Waals surface area contributed by atoms with E-state index in [0.717, 1.165) is 15.8 Å². The summed E-state index contributed by atoms with van der Waals surface area (Å²) in [6.45, 7) is 3.10. The Balaban J connectivity index is 0.00000363. The molecule has 0 saturated carbocycles. The van der Waals surface area contributed by atoms with Gasteiger partial charge in [-0.2, -0.15) is 0 Å². The number of aryl methyl sites for hydroxylation is 1. The van der Waals surface area contributed by atoms with E-state index in [-0.39, 0.29) is 18.3 Å². The number of anilines is 1. The molecule has 7 nitrogen and oxygen atoms in total. The number of halogens is 2. The van der Waals surface area contributed by atoms with Crippen molar-refractivity contribution >= 4 is 56.6 Å². The van der Waals surface area contributed by atoms with Gasteiger partial charge >= 0.3 is 0 Å². The summed E-state index contributed by atoms with van der Waals surface area (Å²) in [5.74, 6) is 1.07. The summed E-state index contributed by atoms with van der Waals surface area (Å²) in [5.41, 5.74) is 2.23. The Morgan fingerprint density at radius 1 is 1.03 bits per heavy atom. The SMILES string of the molecule is COc1cc(C(=O)N(CCN(C)C)c2nc3c(C)cc(Cl)cc3s2)cc(OC)c1OC.Cl. The van der Waals surface area contributed by atoms with Gasteiger partial charge in [0.25, 0.3) is 5.91 Å². The summed E-state index contributed by atoms with van der Waals surface area (Å²) in [6, 6.07) is 7.06. The Hall–Kier alpha value is -2.26. The second kappa shape index (κ2) is 11.0. The average molecular weight is 500 g/mol.